The molecule has 3 rings (SSSR count). The number of amides is 1. The molecule has 0 bridgehead atoms. The van der Waals surface area contributed by atoms with Gasteiger partial charge in [-0.1, -0.05) is 12.8 Å². The van der Waals surface area contributed by atoms with Crippen LogP contribution in [0.4, 0.5) is 0 Å². The van der Waals surface area contributed by atoms with Crippen molar-refractivity contribution in [3.8, 4) is 0 Å². The van der Waals surface area contributed by atoms with E-state index in [-0.39, 0.29) is 11.9 Å². The van der Waals surface area contributed by atoms with E-state index in [1.165, 1.54) is 6.42 Å². The molecule has 5 nitrogen and oxygen atoms in total. The van der Waals surface area contributed by atoms with Crippen LogP contribution in [-0.4, -0.2) is 28.5 Å². The third kappa shape index (κ3) is 3.13. The topological polar surface area (TPSA) is 80.9 Å². The van der Waals surface area contributed by atoms with E-state index in [2.05, 4.69) is 31.2 Å². The highest BCUT2D eigenvalue weighted by Gasteiger charge is 2.26. The van der Waals surface area contributed by atoms with Gasteiger partial charge in [0.15, 0.2) is 0 Å². The number of pyridine rings is 2. The summed E-state index contributed by atoms with van der Waals surface area (Å²) in [6.07, 6.45) is 7.84. The summed E-state index contributed by atoms with van der Waals surface area (Å²) in [4.78, 5) is 21.0. The van der Waals surface area contributed by atoms with E-state index in [9.17, 15) is 4.79 Å². The SMILES string of the molecule is NCC1CCCCC1NC(=O)c1ccc2cncc(Br)c2n1. The molecule has 0 saturated heterocycles. The van der Waals surface area contributed by atoms with Crippen molar-refractivity contribution < 1.29 is 4.79 Å². The summed E-state index contributed by atoms with van der Waals surface area (Å²) in [7, 11) is 0. The number of hydrogen-bond donors (Lipinski definition) is 2. The largest absolute Gasteiger partial charge is 0.348 e. The van der Waals surface area contributed by atoms with Crippen LogP contribution >= 0.6 is 15.9 Å². The summed E-state index contributed by atoms with van der Waals surface area (Å²) in [5, 5.41) is 4.01. The van der Waals surface area contributed by atoms with Gasteiger partial charge in [0.1, 0.15) is 5.69 Å². The number of hydrogen-bond acceptors (Lipinski definition) is 4. The summed E-state index contributed by atoms with van der Waals surface area (Å²) >= 11 is 3.43. The maximum Gasteiger partial charge on any atom is 0.270 e. The average Bonchev–Trinajstić information content (AvgIpc) is 2.55. The number of nitrogens with two attached hydrogens (primary N) is 1. The molecule has 0 spiro atoms. The quantitative estimate of drug-likeness (QED) is 0.879. The van der Waals surface area contributed by atoms with E-state index in [1.54, 1.807) is 18.5 Å². The van der Waals surface area contributed by atoms with E-state index in [0.717, 1.165) is 34.6 Å². The van der Waals surface area contributed by atoms with Crippen LogP contribution in [0.15, 0.2) is 29.0 Å². The number of rotatable bonds is 3. The van der Waals surface area contributed by atoms with Gasteiger partial charge in [-0.3, -0.25) is 9.78 Å². The molecule has 1 fully saturated rings. The maximum absolute atomic E-state index is 12.5. The Bertz CT molecular complexity index is 691. The highest BCUT2D eigenvalue weighted by atomic mass is 79.9. The first-order chi connectivity index (χ1) is 10.7. The zero-order valence-corrected chi connectivity index (χ0v) is 13.8. The van der Waals surface area contributed by atoms with Crippen LogP contribution < -0.4 is 11.1 Å². The fourth-order valence-electron chi connectivity index (χ4n) is 3.06. The molecule has 2 aromatic heterocycles. The van der Waals surface area contributed by atoms with Gasteiger partial charge in [-0.05, 0) is 53.4 Å². The standard InChI is InChI=1S/C16H19BrN4O/c17-12-9-19-8-11-5-6-14(20-15(11)12)16(22)21-13-4-2-1-3-10(13)7-18/h5-6,8-10,13H,1-4,7,18H2,(H,21,22). The van der Waals surface area contributed by atoms with Crippen LogP contribution in [0, 0.1) is 5.92 Å². The van der Waals surface area contributed by atoms with Crippen molar-refractivity contribution in [2.75, 3.05) is 6.54 Å². The average molecular weight is 363 g/mol. The van der Waals surface area contributed by atoms with Crippen molar-refractivity contribution in [1.29, 1.82) is 0 Å². The lowest BCUT2D eigenvalue weighted by Gasteiger charge is -2.31. The monoisotopic (exact) mass is 362 g/mol. The number of halogens is 1. The van der Waals surface area contributed by atoms with Crippen molar-refractivity contribution in [2.24, 2.45) is 11.7 Å². The molecule has 116 valence electrons. The zero-order valence-electron chi connectivity index (χ0n) is 12.3. The predicted octanol–water partition coefficient (Wildman–Crippen LogP) is 2.64. The molecule has 2 aromatic rings. The lowest BCUT2D eigenvalue weighted by atomic mass is 9.84. The maximum atomic E-state index is 12.5. The number of carbonyl (C=O) groups is 1. The molecule has 6 heteroatoms. The smallest absolute Gasteiger partial charge is 0.270 e. The second-order valence-electron chi connectivity index (χ2n) is 5.75. The number of fused-ring (bicyclic) bond motifs is 1. The summed E-state index contributed by atoms with van der Waals surface area (Å²) in [5.74, 6) is 0.241. The number of nitrogens with zero attached hydrogens (tertiary/aromatic N) is 2. The van der Waals surface area contributed by atoms with Gasteiger partial charge in [0.25, 0.3) is 5.91 Å². The summed E-state index contributed by atoms with van der Waals surface area (Å²) in [6.45, 7) is 0.618. The molecule has 0 aliphatic heterocycles. The first-order valence-corrected chi connectivity index (χ1v) is 8.39. The van der Waals surface area contributed by atoms with Crippen molar-refractivity contribution in [1.82, 2.24) is 15.3 Å². The molecule has 1 aliphatic carbocycles. The number of nitrogens with one attached hydrogen (secondary N) is 1. The Labute approximate surface area is 137 Å². The van der Waals surface area contributed by atoms with Crippen molar-refractivity contribution in [3.63, 3.8) is 0 Å². The van der Waals surface area contributed by atoms with Gasteiger partial charge in [-0.25, -0.2) is 4.98 Å². The Balaban J connectivity index is 1.81. The predicted molar refractivity (Wildman–Crippen MR) is 89.5 cm³/mol. The Morgan fingerprint density at radius 1 is 1.32 bits per heavy atom. The highest BCUT2D eigenvalue weighted by molar-refractivity contribution is 9.10. The Kier molecular flexibility index (Phi) is 4.69. The molecule has 22 heavy (non-hydrogen) atoms. The van der Waals surface area contributed by atoms with Crippen LogP contribution in [0.3, 0.4) is 0 Å². The van der Waals surface area contributed by atoms with E-state index in [1.807, 2.05) is 6.07 Å². The third-order valence-electron chi connectivity index (χ3n) is 4.32. The molecule has 2 unspecified atom stereocenters. The molecule has 0 radical (unpaired) electrons. The first-order valence-electron chi connectivity index (χ1n) is 7.60. The van der Waals surface area contributed by atoms with Crippen LogP contribution in [-0.2, 0) is 0 Å². The third-order valence-corrected chi connectivity index (χ3v) is 4.90. The van der Waals surface area contributed by atoms with Crippen LogP contribution in [0.2, 0.25) is 0 Å². The van der Waals surface area contributed by atoms with Gasteiger partial charge >= 0.3 is 0 Å². The highest BCUT2D eigenvalue weighted by Crippen LogP contribution is 2.24. The minimum absolute atomic E-state index is 0.129. The zero-order chi connectivity index (χ0) is 15.5. The molecule has 3 N–H and O–H groups in total. The normalized spacial score (nSPS) is 21.7. The summed E-state index contributed by atoms with van der Waals surface area (Å²) in [6, 6.07) is 3.77. The molecular formula is C16H19BrN4O. The number of aromatic nitrogens is 2. The van der Waals surface area contributed by atoms with Crippen molar-refractivity contribution >= 4 is 32.7 Å². The molecule has 0 aromatic carbocycles. The minimum atomic E-state index is -0.129. The second-order valence-corrected chi connectivity index (χ2v) is 6.60. The molecular weight excluding hydrogens is 344 g/mol. The van der Waals surface area contributed by atoms with Crippen molar-refractivity contribution in [3.05, 3.63) is 34.7 Å². The summed E-state index contributed by atoms with van der Waals surface area (Å²) < 4.78 is 0.789. The van der Waals surface area contributed by atoms with Crippen molar-refractivity contribution in [2.45, 2.75) is 31.7 Å². The van der Waals surface area contributed by atoms with Crippen LogP contribution in [0.5, 0.6) is 0 Å². The summed E-state index contributed by atoms with van der Waals surface area (Å²) in [5.41, 5.74) is 7.01. The first kappa shape index (κ1) is 15.4. The van der Waals surface area contributed by atoms with Gasteiger partial charge in [0, 0.05) is 23.8 Å². The van der Waals surface area contributed by atoms with Gasteiger partial charge < -0.3 is 11.1 Å². The van der Waals surface area contributed by atoms with Crippen LogP contribution in [0.25, 0.3) is 10.9 Å². The Morgan fingerprint density at radius 3 is 2.95 bits per heavy atom. The molecule has 1 saturated carbocycles. The van der Waals surface area contributed by atoms with Crippen LogP contribution in [0.1, 0.15) is 36.2 Å². The van der Waals surface area contributed by atoms with E-state index in [0.29, 0.717) is 18.2 Å². The molecule has 1 amide bonds. The fraction of sp³-hybridized carbons (Fsp3) is 0.438. The molecule has 2 atom stereocenters. The van der Waals surface area contributed by atoms with Gasteiger partial charge in [0.05, 0.1) is 9.99 Å². The van der Waals surface area contributed by atoms with Gasteiger partial charge in [-0.15, -0.1) is 0 Å². The minimum Gasteiger partial charge on any atom is -0.348 e. The number of carbonyl (C=O) groups excluding carboxylic acids is 1. The lowest BCUT2D eigenvalue weighted by molar-refractivity contribution is 0.0903. The Morgan fingerprint density at radius 2 is 2.14 bits per heavy atom. The second kappa shape index (κ2) is 6.71. The van der Waals surface area contributed by atoms with E-state index in [4.69, 9.17) is 5.73 Å². The molecule has 2 heterocycles. The Hall–Kier alpha value is -1.53. The van der Waals surface area contributed by atoms with E-state index >= 15 is 0 Å². The fourth-order valence-corrected chi connectivity index (χ4v) is 3.49. The van der Waals surface area contributed by atoms with Gasteiger partial charge in [-0.2, -0.15) is 0 Å². The lowest BCUT2D eigenvalue weighted by Crippen LogP contribution is -2.44. The van der Waals surface area contributed by atoms with E-state index < -0.39 is 0 Å². The van der Waals surface area contributed by atoms with Gasteiger partial charge in [0.2, 0.25) is 0 Å². The molecule has 1 aliphatic rings.